The van der Waals surface area contributed by atoms with E-state index in [1.807, 2.05) is 11.3 Å². The van der Waals surface area contributed by atoms with Crippen molar-refractivity contribution < 1.29 is 0 Å². The van der Waals surface area contributed by atoms with Crippen LogP contribution in [0.25, 0.3) is 10.1 Å². The molecule has 106 valence electrons. The lowest BCUT2D eigenvalue weighted by Crippen LogP contribution is -1.95. The zero-order valence-corrected chi connectivity index (χ0v) is 14.4. The molecule has 0 nitrogen and oxygen atoms in total. The van der Waals surface area contributed by atoms with Crippen LogP contribution in [0.5, 0.6) is 0 Å². The summed E-state index contributed by atoms with van der Waals surface area (Å²) in [4.78, 5) is 1.47. The van der Waals surface area contributed by atoms with Crippen molar-refractivity contribution in [1.82, 2.24) is 0 Å². The predicted octanol–water partition coefficient (Wildman–Crippen LogP) is 6.44. The van der Waals surface area contributed by atoms with Gasteiger partial charge in [-0.3, -0.25) is 0 Å². The van der Waals surface area contributed by atoms with Gasteiger partial charge >= 0.3 is 0 Å². The highest BCUT2D eigenvalue weighted by atomic mass is 79.9. The van der Waals surface area contributed by atoms with Gasteiger partial charge in [0.25, 0.3) is 0 Å². The smallest absolute Gasteiger partial charge is 0.0345 e. The van der Waals surface area contributed by atoms with Crippen LogP contribution in [0, 0.1) is 6.92 Å². The molecule has 1 aliphatic rings. The van der Waals surface area contributed by atoms with Crippen molar-refractivity contribution in [3.8, 4) is 0 Å². The first-order valence-corrected chi connectivity index (χ1v) is 9.08. The molecule has 21 heavy (non-hydrogen) atoms. The zero-order chi connectivity index (χ0) is 14.4. The molecule has 2 heteroatoms. The van der Waals surface area contributed by atoms with Crippen LogP contribution in [-0.4, -0.2) is 0 Å². The van der Waals surface area contributed by atoms with Crippen LogP contribution in [0.1, 0.15) is 40.3 Å². The first-order chi connectivity index (χ1) is 10.2. The van der Waals surface area contributed by atoms with E-state index in [4.69, 9.17) is 0 Å². The third-order valence-electron chi connectivity index (χ3n) is 4.28. The predicted molar refractivity (Wildman–Crippen MR) is 95.5 cm³/mol. The number of hydrogen-bond acceptors (Lipinski definition) is 1. The second-order valence-corrected chi connectivity index (χ2v) is 8.02. The Balaban J connectivity index is 1.74. The number of hydrogen-bond donors (Lipinski definition) is 0. The van der Waals surface area contributed by atoms with Gasteiger partial charge in [0.05, 0.1) is 0 Å². The summed E-state index contributed by atoms with van der Waals surface area (Å²) in [6.07, 6.45) is 3.78. The molecule has 1 saturated carbocycles. The highest BCUT2D eigenvalue weighted by molar-refractivity contribution is 9.10. The van der Waals surface area contributed by atoms with Crippen LogP contribution >= 0.6 is 27.3 Å². The molecule has 0 amide bonds. The fraction of sp³-hybridized carbons (Fsp3) is 0.263. The standard InChI is InChI=1S/C19H17BrS/c1-12-8-17(13-6-7-13)15(11-18(12)20)10-16-9-14-4-2-3-5-19(14)21-16/h2-5,8-9,11,13H,6-7,10H2,1H3. The van der Waals surface area contributed by atoms with Gasteiger partial charge in [-0.2, -0.15) is 0 Å². The maximum atomic E-state index is 3.70. The van der Waals surface area contributed by atoms with Gasteiger partial charge in [-0.05, 0) is 66.0 Å². The molecule has 3 aromatic rings. The maximum absolute atomic E-state index is 3.70. The normalized spacial score (nSPS) is 14.8. The SMILES string of the molecule is Cc1cc(C2CC2)c(Cc2cc3ccccc3s2)cc1Br. The molecule has 0 saturated heterocycles. The molecule has 0 N–H and O–H groups in total. The average Bonchev–Trinajstić information content (AvgIpc) is 3.22. The summed E-state index contributed by atoms with van der Waals surface area (Å²) in [6, 6.07) is 15.8. The Morgan fingerprint density at radius 2 is 1.95 bits per heavy atom. The number of aryl methyl sites for hydroxylation is 1. The zero-order valence-electron chi connectivity index (χ0n) is 12.0. The second-order valence-electron chi connectivity index (χ2n) is 6.00. The fourth-order valence-electron chi connectivity index (χ4n) is 2.98. The highest BCUT2D eigenvalue weighted by Crippen LogP contribution is 2.44. The van der Waals surface area contributed by atoms with Gasteiger partial charge in [0, 0.05) is 20.5 Å². The molecule has 1 heterocycles. The van der Waals surface area contributed by atoms with Crippen LogP contribution < -0.4 is 0 Å². The van der Waals surface area contributed by atoms with E-state index in [1.165, 1.54) is 43.4 Å². The number of halogens is 1. The van der Waals surface area contributed by atoms with Gasteiger partial charge in [-0.25, -0.2) is 0 Å². The van der Waals surface area contributed by atoms with E-state index >= 15 is 0 Å². The molecule has 1 aromatic heterocycles. The second kappa shape index (κ2) is 5.26. The van der Waals surface area contributed by atoms with Crippen LogP contribution in [0.15, 0.2) is 46.9 Å². The first-order valence-electron chi connectivity index (χ1n) is 7.47. The average molecular weight is 357 g/mol. The molecule has 0 bridgehead atoms. The van der Waals surface area contributed by atoms with E-state index in [0.717, 1.165) is 12.3 Å². The van der Waals surface area contributed by atoms with Crippen molar-refractivity contribution in [3.63, 3.8) is 0 Å². The van der Waals surface area contributed by atoms with Gasteiger partial charge in [0.2, 0.25) is 0 Å². The molecule has 0 radical (unpaired) electrons. The summed E-state index contributed by atoms with van der Waals surface area (Å²) < 4.78 is 2.63. The van der Waals surface area contributed by atoms with Crippen molar-refractivity contribution in [2.75, 3.05) is 0 Å². The van der Waals surface area contributed by atoms with E-state index in [1.54, 1.807) is 5.56 Å². The lowest BCUT2D eigenvalue weighted by atomic mass is 9.97. The van der Waals surface area contributed by atoms with Gasteiger partial charge in [-0.1, -0.05) is 40.2 Å². The van der Waals surface area contributed by atoms with Crippen LogP contribution in [0.3, 0.4) is 0 Å². The van der Waals surface area contributed by atoms with Crippen LogP contribution in [-0.2, 0) is 6.42 Å². The number of rotatable bonds is 3. The number of thiophene rings is 1. The van der Waals surface area contributed by atoms with Crippen LogP contribution in [0.2, 0.25) is 0 Å². The van der Waals surface area contributed by atoms with Gasteiger partial charge in [-0.15, -0.1) is 11.3 Å². The minimum absolute atomic E-state index is 0.807. The van der Waals surface area contributed by atoms with Gasteiger partial charge in [0.1, 0.15) is 0 Å². The summed E-state index contributed by atoms with van der Waals surface area (Å²) in [5.41, 5.74) is 4.44. The highest BCUT2D eigenvalue weighted by Gasteiger charge is 2.26. The summed E-state index contributed by atoms with van der Waals surface area (Å²) in [7, 11) is 0. The molecule has 0 unspecified atom stereocenters. The topological polar surface area (TPSA) is 0 Å². The minimum atomic E-state index is 0.807. The van der Waals surface area contributed by atoms with Crippen molar-refractivity contribution in [3.05, 3.63) is 68.5 Å². The first kappa shape index (κ1) is 13.5. The van der Waals surface area contributed by atoms with E-state index in [-0.39, 0.29) is 0 Å². The van der Waals surface area contributed by atoms with Crippen molar-refractivity contribution in [2.24, 2.45) is 0 Å². The van der Waals surface area contributed by atoms with E-state index < -0.39 is 0 Å². The Kier molecular flexibility index (Phi) is 3.39. The molecule has 1 aliphatic carbocycles. The van der Waals surface area contributed by atoms with E-state index in [9.17, 15) is 0 Å². The lowest BCUT2D eigenvalue weighted by Gasteiger charge is -2.11. The number of benzene rings is 2. The largest absolute Gasteiger partial charge is 0.140 e. The van der Waals surface area contributed by atoms with Gasteiger partial charge < -0.3 is 0 Å². The molecule has 2 aromatic carbocycles. The lowest BCUT2D eigenvalue weighted by molar-refractivity contribution is 1.05. The molecule has 4 rings (SSSR count). The van der Waals surface area contributed by atoms with E-state index in [0.29, 0.717) is 0 Å². The monoisotopic (exact) mass is 356 g/mol. The van der Waals surface area contributed by atoms with Crippen molar-refractivity contribution >= 4 is 37.4 Å². The van der Waals surface area contributed by atoms with E-state index in [2.05, 4.69) is 65.3 Å². The molecule has 0 spiro atoms. The summed E-state index contributed by atoms with van der Waals surface area (Å²) in [5.74, 6) is 0.807. The Hall–Kier alpha value is -1.12. The Morgan fingerprint density at radius 1 is 1.14 bits per heavy atom. The summed E-state index contributed by atoms with van der Waals surface area (Å²) >= 11 is 5.63. The molecule has 0 atom stereocenters. The Morgan fingerprint density at radius 3 is 2.71 bits per heavy atom. The quantitative estimate of drug-likeness (QED) is 0.506. The van der Waals surface area contributed by atoms with Gasteiger partial charge in [0.15, 0.2) is 0 Å². The molecular formula is C19H17BrS. The molecule has 0 aliphatic heterocycles. The maximum Gasteiger partial charge on any atom is 0.0345 e. The third kappa shape index (κ3) is 2.67. The van der Waals surface area contributed by atoms with Crippen LogP contribution in [0.4, 0.5) is 0 Å². The summed E-state index contributed by atoms with van der Waals surface area (Å²) in [5, 5.41) is 1.37. The third-order valence-corrected chi connectivity index (χ3v) is 6.25. The van der Waals surface area contributed by atoms with Crippen molar-refractivity contribution in [1.29, 1.82) is 0 Å². The van der Waals surface area contributed by atoms with Crippen molar-refractivity contribution in [2.45, 2.75) is 32.1 Å². The molecular weight excluding hydrogens is 340 g/mol. The summed E-state index contributed by atoms with van der Waals surface area (Å²) in [6.45, 7) is 2.19. The Bertz CT molecular complexity index is 779. The fourth-order valence-corrected chi connectivity index (χ4v) is 4.46. The Labute approximate surface area is 137 Å². The number of fused-ring (bicyclic) bond motifs is 1. The molecule has 1 fully saturated rings. The minimum Gasteiger partial charge on any atom is -0.140 e.